The van der Waals surface area contributed by atoms with Crippen LogP contribution >= 0.6 is 0 Å². The number of benzene rings is 5. The number of H-pyrrole nitrogens is 1. The Morgan fingerprint density at radius 1 is 0.436 bits per heavy atom. The predicted octanol–water partition coefficient (Wildman–Crippen LogP) is 8.79. The molecule has 0 saturated heterocycles. The van der Waals surface area contributed by atoms with Crippen molar-refractivity contribution in [2.75, 3.05) is 0 Å². The molecule has 0 aliphatic rings. The molecule has 0 aliphatic carbocycles. The first-order valence-corrected chi connectivity index (χ1v) is 13.1. The van der Waals surface area contributed by atoms with Crippen molar-refractivity contribution in [3.8, 4) is 45.3 Å². The van der Waals surface area contributed by atoms with E-state index in [1.165, 1.54) is 10.8 Å². The van der Waals surface area contributed by atoms with E-state index < -0.39 is 0 Å². The highest BCUT2D eigenvalue weighted by molar-refractivity contribution is 6.08. The van der Waals surface area contributed by atoms with E-state index in [9.17, 15) is 0 Å². The second-order valence-corrected chi connectivity index (χ2v) is 9.95. The van der Waals surface area contributed by atoms with Crippen molar-refractivity contribution in [1.82, 2.24) is 19.9 Å². The van der Waals surface area contributed by atoms with Crippen LogP contribution in [0.15, 0.2) is 115 Å². The van der Waals surface area contributed by atoms with E-state index in [0.29, 0.717) is 17.5 Å². The van der Waals surface area contributed by atoms with Crippen LogP contribution in [0.25, 0.3) is 67.1 Å². The third kappa shape index (κ3) is 4.16. The fourth-order valence-electron chi connectivity index (χ4n) is 5.26. The molecule has 186 valence electrons. The van der Waals surface area contributed by atoms with Gasteiger partial charge in [-0.15, -0.1) is 0 Å². The van der Waals surface area contributed by atoms with Crippen molar-refractivity contribution in [1.29, 1.82) is 0 Å². The maximum absolute atomic E-state index is 4.98. The van der Waals surface area contributed by atoms with Gasteiger partial charge < -0.3 is 4.98 Å². The fraction of sp³-hybridized carbons (Fsp3) is 0.0571. The molecule has 2 aromatic heterocycles. The SMILES string of the molecule is Cc1ccccc1-c1nc(-c2cccc(-c3ccc4[nH]c5ccccc5c4c3)c2)nc(-c2ccccc2C)n1. The van der Waals surface area contributed by atoms with E-state index in [1.807, 2.05) is 24.3 Å². The van der Waals surface area contributed by atoms with Gasteiger partial charge in [-0.05, 0) is 60.4 Å². The molecule has 0 amide bonds. The van der Waals surface area contributed by atoms with Gasteiger partial charge >= 0.3 is 0 Å². The number of rotatable bonds is 4. The highest BCUT2D eigenvalue weighted by Gasteiger charge is 2.15. The zero-order chi connectivity index (χ0) is 26.3. The number of fused-ring (bicyclic) bond motifs is 3. The lowest BCUT2D eigenvalue weighted by Crippen LogP contribution is -2.01. The highest BCUT2D eigenvalue weighted by Crippen LogP contribution is 2.33. The Hall–Kier alpha value is -5.09. The molecule has 0 spiro atoms. The van der Waals surface area contributed by atoms with Crippen molar-refractivity contribution in [2.24, 2.45) is 0 Å². The van der Waals surface area contributed by atoms with Crippen molar-refractivity contribution in [2.45, 2.75) is 13.8 Å². The van der Waals surface area contributed by atoms with Crippen LogP contribution < -0.4 is 0 Å². The molecule has 7 aromatic rings. The maximum Gasteiger partial charge on any atom is 0.164 e. The molecule has 1 N–H and O–H groups in total. The Bertz CT molecular complexity index is 1940. The normalized spacial score (nSPS) is 11.3. The fourth-order valence-corrected chi connectivity index (χ4v) is 5.26. The van der Waals surface area contributed by atoms with Gasteiger partial charge in [-0.25, -0.2) is 15.0 Å². The predicted molar refractivity (Wildman–Crippen MR) is 160 cm³/mol. The lowest BCUT2D eigenvalue weighted by Gasteiger charge is -2.12. The van der Waals surface area contributed by atoms with Gasteiger partial charge in [0.15, 0.2) is 17.5 Å². The summed E-state index contributed by atoms with van der Waals surface area (Å²) in [5.41, 5.74) is 9.80. The molecule has 0 atom stereocenters. The molecule has 2 heterocycles. The first kappa shape index (κ1) is 23.1. The number of aromatic nitrogens is 4. The van der Waals surface area contributed by atoms with E-state index in [-0.39, 0.29) is 0 Å². The molecule has 4 nitrogen and oxygen atoms in total. The zero-order valence-electron chi connectivity index (χ0n) is 21.8. The average Bonchev–Trinajstić information content (AvgIpc) is 3.35. The Kier molecular flexibility index (Phi) is 5.52. The van der Waals surface area contributed by atoms with Gasteiger partial charge in [0.2, 0.25) is 0 Å². The molecule has 0 fully saturated rings. The van der Waals surface area contributed by atoms with Crippen LogP contribution in [0.5, 0.6) is 0 Å². The lowest BCUT2D eigenvalue weighted by molar-refractivity contribution is 1.07. The molecule has 0 radical (unpaired) electrons. The summed E-state index contributed by atoms with van der Waals surface area (Å²) in [6.07, 6.45) is 0. The zero-order valence-corrected chi connectivity index (χ0v) is 21.8. The van der Waals surface area contributed by atoms with Gasteiger partial charge in [0.25, 0.3) is 0 Å². The standard InChI is InChI=1S/C35H26N4/c1-22-10-3-5-14-27(22)34-37-33(38-35(39-34)28-15-6-4-11-23(28)2)26-13-9-12-24(20-26)25-18-19-32-30(21-25)29-16-7-8-17-31(29)36-32/h3-21,36H,1-2H3. The minimum atomic E-state index is 0.663. The smallest absolute Gasteiger partial charge is 0.164 e. The molecular formula is C35H26N4. The van der Waals surface area contributed by atoms with Crippen molar-refractivity contribution < 1.29 is 0 Å². The number of hydrogen-bond acceptors (Lipinski definition) is 3. The molecule has 39 heavy (non-hydrogen) atoms. The second kappa shape index (κ2) is 9.34. The van der Waals surface area contributed by atoms with Crippen LogP contribution in [0.3, 0.4) is 0 Å². The summed E-state index contributed by atoms with van der Waals surface area (Å²) in [4.78, 5) is 18.4. The van der Waals surface area contributed by atoms with Crippen LogP contribution in [0.4, 0.5) is 0 Å². The topological polar surface area (TPSA) is 54.5 Å². The Balaban J connectivity index is 1.39. The van der Waals surface area contributed by atoms with Crippen LogP contribution in [0.2, 0.25) is 0 Å². The highest BCUT2D eigenvalue weighted by atomic mass is 15.0. The van der Waals surface area contributed by atoms with Crippen LogP contribution in [-0.2, 0) is 0 Å². The summed E-state index contributed by atoms with van der Waals surface area (Å²) >= 11 is 0. The van der Waals surface area contributed by atoms with Gasteiger partial charge in [-0.2, -0.15) is 0 Å². The van der Waals surface area contributed by atoms with Crippen LogP contribution in [0, 0.1) is 13.8 Å². The van der Waals surface area contributed by atoms with Crippen molar-refractivity contribution in [3.05, 3.63) is 126 Å². The summed E-state index contributed by atoms with van der Waals surface area (Å²) in [7, 11) is 0. The summed E-state index contributed by atoms with van der Waals surface area (Å²) in [5, 5.41) is 2.45. The maximum atomic E-state index is 4.98. The van der Waals surface area contributed by atoms with Crippen LogP contribution in [-0.4, -0.2) is 19.9 Å². The molecule has 0 aliphatic heterocycles. The first-order valence-electron chi connectivity index (χ1n) is 13.1. The number of aromatic amines is 1. The van der Waals surface area contributed by atoms with Crippen LogP contribution in [0.1, 0.15) is 11.1 Å². The minimum Gasteiger partial charge on any atom is -0.355 e. The number of nitrogens with one attached hydrogen (secondary N) is 1. The minimum absolute atomic E-state index is 0.663. The second-order valence-electron chi connectivity index (χ2n) is 9.95. The largest absolute Gasteiger partial charge is 0.355 e. The van der Waals surface area contributed by atoms with Crippen molar-refractivity contribution >= 4 is 21.8 Å². The quantitative estimate of drug-likeness (QED) is 0.262. The molecule has 7 rings (SSSR count). The summed E-state index contributed by atoms with van der Waals surface area (Å²) in [6, 6.07) is 40.0. The summed E-state index contributed by atoms with van der Waals surface area (Å²) in [5.74, 6) is 2.03. The third-order valence-electron chi connectivity index (χ3n) is 7.37. The molecule has 0 saturated carbocycles. The Labute approximate surface area is 227 Å². The van der Waals surface area contributed by atoms with Gasteiger partial charge in [-0.1, -0.05) is 91.0 Å². The number of nitrogens with zero attached hydrogens (tertiary/aromatic N) is 3. The summed E-state index contributed by atoms with van der Waals surface area (Å²) < 4.78 is 0. The van der Waals surface area contributed by atoms with E-state index >= 15 is 0 Å². The monoisotopic (exact) mass is 502 g/mol. The van der Waals surface area contributed by atoms with Crippen molar-refractivity contribution in [3.63, 3.8) is 0 Å². The Morgan fingerprint density at radius 2 is 1.00 bits per heavy atom. The van der Waals surface area contributed by atoms with Gasteiger partial charge in [0.1, 0.15) is 0 Å². The van der Waals surface area contributed by atoms with Gasteiger partial charge in [0.05, 0.1) is 0 Å². The van der Waals surface area contributed by atoms with E-state index in [0.717, 1.165) is 50.0 Å². The molecule has 0 unspecified atom stereocenters. The van der Waals surface area contributed by atoms with E-state index in [4.69, 9.17) is 15.0 Å². The number of para-hydroxylation sites is 1. The summed E-state index contributed by atoms with van der Waals surface area (Å²) in [6.45, 7) is 4.18. The van der Waals surface area contributed by atoms with Gasteiger partial charge in [-0.3, -0.25) is 0 Å². The first-order chi connectivity index (χ1) is 19.1. The Morgan fingerprint density at radius 3 is 1.72 bits per heavy atom. The van der Waals surface area contributed by atoms with E-state index in [2.05, 4.69) is 110 Å². The van der Waals surface area contributed by atoms with E-state index in [1.54, 1.807) is 0 Å². The third-order valence-corrected chi connectivity index (χ3v) is 7.37. The van der Waals surface area contributed by atoms with Gasteiger partial charge in [0, 0.05) is 38.5 Å². The molecule has 5 aromatic carbocycles. The number of hydrogen-bond donors (Lipinski definition) is 1. The lowest BCUT2D eigenvalue weighted by atomic mass is 10.0. The molecular weight excluding hydrogens is 476 g/mol. The number of aryl methyl sites for hydroxylation is 2. The molecule has 4 heteroatoms. The average molecular weight is 503 g/mol. The molecule has 0 bridgehead atoms.